The van der Waals surface area contributed by atoms with Crippen molar-refractivity contribution >= 4 is 18.0 Å². The van der Waals surface area contributed by atoms with Gasteiger partial charge in [0.25, 0.3) is 5.91 Å². The lowest BCUT2D eigenvalue weighted by atomic mass is 9.92. The number of rotatable bonds is 8. The van der Waals surface area contributed by atoms with Gasteiger partial charge in [0.1, 0.15) is 18.8 Å². The van der Waals surface area contributed by atoms with Gasteiger partial charge in [0.2, 0.25) is 0 Å². The number of likely N-dealkylation sites (tertiary alicyclic amines) is 1. The molecule has 8 heteroatoms. The molecule has 1 saturated heterocycles. The van der Waals surface area contributed by atoms with Crippen molar-refractivity contribution in [3.8, 4) is 11.1 Å². The van der Waals surface area contributed by atoms with E-state index in [-0.39, 0.29) is 37.3 Å². The number of carboxylic acids is 1. The van der Waals surface area contributed by atoms with Crippen LogP contribution >= 0.6 is 0 Å². The third kappa shape index (κ3) is 5.32. The first-order valence-corrected chi connectivity index (χ1v) is 12.1. The molecule has 0 bridgehead atoms. The molecule has 186 valence electrons. The number of carbonyl (C=O) groups excluding carboxylic acids is 2. The number of carboxylic acid groups (broad SMARTS) is 1. The van der Waals surface area contributed by atoms with Crippen LogP contribution in [0.2, 0.25) is 0 Å². The molecule has 2 amide bonds. The number of benzene rings is 2. The number of amides is 2. The predicted molar refractivity (Wildman–Crippen MR) is 130 cm³/mol. The number of piperidine rings is 1. The average Bonchev–Trinajstić information content (AvgIpc) is 3.18. The van der Waals surface area contributed by atoms with Crippen molar-refractivity contribution in [2.75, 3.05) is 26.8 Å². The van der Waals surface area contributed by atoms with Crippen molar-refractivity contribution < 1.29 is 29.0 Å². The Morgan fingerprint density at radius 3 is 2.31 bits per heavy atom. The smallest absolute Gasteiger partial charge is 0.407 e. The topological polar surface area (TPSA) is 105 Å². The van der Waals surface area contributed by atoms with Crippen LogP contribution < -0.4 is 5.32 Å². The van der Waals surface area contributed by atoms with E-state index in [2.05, 4.69) is 29.6 Å². The first kappa shape index (κ1) is 24.7. The zero-order valence-electron chi connectivity index (χ0n) is 20.1. The summed E-state index contributed by atoms with van der Waals surface area (Å²) in [5.41, 5.74) is 4.58. The maximum atomic E-state index is 13.0. The fourth-order valence-electron chi connectivity index (χ4n) is 5.12. The average molecular weight is 481 g/mol. The molecule has 0 aromatic heterocycles. The quantitative estimate of drug-likeness (QED) is 0.598. The largest absolute Gasteiger partial charge is 0.480 e. The Morgan fingerprint density at radius 1 is 1.09 bits per heavy atom. The number of nitrogens with zero attached hydrogens (tertiary/aromatic N) is 1. The van der Waals surface area contributed by atoms with Crippen LogP contribution in [0.1, 0.15) is 43.2 Å². The molecule has 4 rings (SSSR count). The van der Waals surface area contributed by atoms with Crippen LogP contribution in [0.25, 0.3) is 11.1 Å². The van der Waals surface area contributed by atoms with E-state index in [9.17, 15) is 19.5 Å². The highest BCUT2D eigenvalue weighted by Gasteiger charge is 2.37. The van der Waals surface area contributed by atoms with Crippen LogP contribution in [0.15, 0.2) is 48.5 Å². The van der Waals surface area contributed by atoms with Gasteiger partial charge in [0, 0.05) is 32.5 Å². The third-order valence-corrected chi connectivity index (χ3v) is 7.01. The minimum Gasteiger partial charge on any atom is -0.480 e. The summed E-state index contributed by atoms with van der Waals surface area (Å²) in [5.74, 6) is -1.15. The van der Waals surface area contributed by atoms with Gasteiger partial charge in [-0.2, -0.15) is 0 Å². The molecule has 2 aromatic rings. The van der Waals surface area contributed by atoms with Gasteiger partial charge < -0.3 is 24.8 Å². The van der Waals surface area contributed by atoms with Crippen LogP contribution in [0.3, 0.4) is 0 Å². The van der Waals surface area contributed by atoms with Crippen LogP contribution in [0.4, 0.5) is 4.79 Å². The molecular formula is C27H32N2O6. The van der Waals surface area contributed by atoms with E-state index in [4.69, 9.17) is 9.47 Å². The molecule has 0 saturated carbocycles. The first-order chi connectivity index (χ1) is 16.9. The van der Waals surface area contributed by atoms with Crippen LogP contribution in [0.5, 0.6) is 0 Å². The molecular weight excluding hydrogens is 448 g/mol. The highest BCUT2D eigenvalue weighted by molar-refractivity contribution is 5.86. The lowest BCUT2D eigenvalue weighted by molar-refractivity contribution is -0.158. The van der Waals surface area contributed by atoms with E-state index in [0.29, 0.717) is 13.0 Å². The zero-order valence-corrected chi connectivity index (χ0v) is 20.1. The van der Waals surface area contributed by atoms with Gasteiger partial charge in [-0.3, -0.25) is 4.79 Å². The second kappa shape index (κ2) is 10.9. The standard InChI is InChI=1S/C27H32N2O6/c1-17-12-14-29(23(15-17)26(31)32)25(30)24(34-2)11-13-28-27(33)35-16-22-20-9-5-3-7-18(20)19-8-4-6-10-21(19)22/h3-10,17,22-24H,11-16H2,1-2H3,(H,28,33)(H,31,32). The van der Waals surface area contributed by atoms with Gasteiger partial charge in [-0.25, -0.2) is 9.59 Å². The number of ether oxygens (including phenoxy) is 2. The maximum Gasteiger partial charge on any atom is 0.407 e. The second-order valence-corrected chi connectivity index (χ2v) is 9.28. The van der Waals surface area contributed by atoms with E-state index < -0.39 is 24.2 Å². The van der Waals surface area contributed by atoms with Gasteiger partial charge in [-0.1, -0.05) is 55.5 Å². The number of hydrogen-bond donors (Lipinski definition) is 2. The lowest BCUT2D eigenvalue weighted by Gasteiger charge is -2.37. The number of nitrogens with one attached hydrogen (secondary N) is 1. The summed E-state index contributed by atoms with van der Waals surface area (Å²) in [6.07, 6.45) is 0.000659. The molecule has 1 aliphatic heterocycles. The van der Waals surface area contributed by atoms with Crippen molar-refractivity contribution in [2.45, 2.75) is 44.2 Å². The Bertz CT molecular complexity index is 1040. The molecule has 1 aliphatic carbocycles. The molecule has 0 spiro atoms. The van der Waals surface area contributed by atoms with Crippen molar-refractivity contribution in [1.82, 2.24) is 10.2 Å². The molecule has 8 nitrogen and oxygen atoms in total. The minimum atomic E-state index is -1.00. The molecule has 1 heterocycles. The molecule has 0 radical (unpaired) electrons. The van der Waals surface area contributed by atoms with E-state index in [1.54, 1.807) is 0 Å². The number of hydrogen-bond acceptors (Lipinski definition) is 5. The normalized spacial score (nSPS) is 20.0. The summed E-state index contributed by atoms with van der Waals surface area (Å²) in [6, 6.07) is 15.4. The van der Waals surface area contributed by atoms with Crippen molar-refractivity contribution in [3.63, 3.8) is 0 Å². The lowest BCUT2D eigenvalue weighted by Crippen LogP contribution is -2.53. The fourth-order valence-corrected chi connectivity index (χ4v) is 5.12. The highest BCUT2D eigenvalue weighted by Crippen LogP contribution is 2.44. The molecule has 1 fully saturated rings. The Balaban J connectivity index is 1.29. The Kier molecular flexibility index (Phi) is 7.70. The number of carbonyl (C=O) groups is 3. The second-order valence-electron chi connectivity index (χ2n) is 9.28. The minimum absolute atomic E-state index is 0.0316. The van der Waals surface area contributed by atoms with Crippen LogP contribution in [-0.2, 0) is 19.1 Å². The third-order valence-electron chi connectivity index (χ3n) is 7.01. The predicted octanol–water partition coefficient (Wildman–Crippen LogP) is 3.64. The Hall–Kier alpha value is -3.39. The molecule has 2 aromatic carbocycles. The number of alkyl carbamates (subject to hydrolysis) is 1. The van der Waals surface area contributed by atoms with Crippen LogP contribution in [-0.4, -0.2) is 66.9 Å². The van der Waals surface area contributed by atoms with E-state index in [1.165, 1.54) is 12.0 Å². The summed E-state index contributed by atoms with van der Waals surface area (Å²) in [6.45, 7) is 2.75. The van der Waals surface area contributed by atoms with Crippen molar-refractivity contribution in [2.24, 2.45) is 5.92 Å². The number of fused-ring (bicyclic) bond motifs is 3. The van der Waals surface area contributed by atoms with Crippen LogP contribution in [0, 0.1) is 5.92 Å². The van der Waals surface area contributed by atoms with Crippen molar-refractivity contribution in [1.29, 1.82) is 0 Å². The Morgan fingerprint density at radius 2 is 1.71 bits per heavy atom. The number of methoxy groups -OCH3 is 1. The van der Waals surface area contributed by atoms with Gasteiger partial charge in [0.05, 0.1) is 0 Å². The summed E-state index contributed by atoms with van der Waals surface area (Å²) >= 11 is 0. The fraction of sp³-hybridized carbons (Fsp3) is 0.444. The SMILES string of the molecule is COC(CCNC(=O)OCC1c2ccccc2-c2ccccc21)C(=O)N1CCC(C)CC1C(=O)O. The van der Waals surface area contributed by atoms with E-state index >= 15 is 0 Å². The van der Waals surface area contributed by atoms with Gasteiger partial charge >= 0.3 is 12.1 Å². The maximum absolute atomic E-state index is 13.0. The molecule has 3 unspecified atom stereocenters. The van der Waals surface area contributed by atoms with E-state index in [0.717, 1.165) is 28.7 Å². The highest BCUT2D eigenvalue weighted by atomic mass is 16.5. The summed E-state index contributed by atoms with van der Waals surface area (Å²) in [4.78, 5) is 38.4. The molecule has 2 N–H and O–H groups in total. The van der Waals surface area contributed by atoms with Gasteiger partial charge in [0.15, 0.2) is 0 Å². The summed E-state index contributed by atoms with van der Waals surface area (Å²) < 4.78 is 10.9. The molecule has 3 atom stereocenters. The summed E-state index contributed by atoms with van der Waals surface area (Å²) in [5, 5.41) is 12.2. The van der Waals surface area contributed by atoms with E-state index in [1.807, 2.05) is 31.2 Å². The zero-order chi connectivity index (χ0) is 24.9. The molecule has 35 heavy (non-hydrogen) atoms. The molecule has 2 aliphatic rings. The number of aliphatic carboxylic acids is 1. The monoisotopic (exact) mass is 480 g/mol. The van der Waals surface area contributed by atoms with Crippen molar-refractivity contribution in [3.05, 3.63) is 59.7 Å². The summed E-state index contributed by atoms with van der Waals surface area (Å²) in [7, 11) is 1.41. The van der Waals surface area contributed by atoms with Gasteiger partial charge in [-0.15, -0.1) is 0 Å². The first-order valence-electron chi connectivity index (χ1n) is 12.1. The van der Waals surface area contributed by atoms with Gasteiger partial charge in [-0.05, 0) is 41.0 Å². The Labute approximate surface area is 205 Å².